The molecule has 0 aromatic heterocycles. The van der Waals surface area contributed by atoms with Crippen molar-refractivity contribution >= 4 is 33.2 Å². The van der Waals surface area contributed by atoms with Gasteiger partial charge in [-0.15, -0.1) is 0 Å². The standard InChI is InChI=1S/C23H23N3O4S/c1-2-16-24-22(27)18-12-6-8-14-20(18)25-23(28)19-13-7-9-15-21(19)26-31(29,30)17-10-4-3-5-11-17/h3-15,26H,2,16H2,1H3,(H,24,27)(H,25,28). The van der Waals surface area contributed by atoms with Gasteiger partial charge in [0.1, 0.15) is 0 Å². The first kappa shape index (κ1) is 22.0. The van der Waals surface area contributed by atoms with Crippen molar-refractivity contribution in [3.8, 4) is 0 Å². The van der Waals surface area contributed by atoms with Crippen LogP contribution in [0, 0.1) is 0 Å². The molecule has 3 N–H and O–H groups in total. The van der Waals surface area contributed by atoms with Gasteiger partial charge in [-0.2, -0.15) is 0 Å². The minimum absolute atomic E-state index is 0.0863. The van der Waals surface area contributed by atoms with Crippen LogP contribution < -0.4 is 15.4 Å². The molecule has 7 nitrogen and oxygen atoms in total. The zero-order valence-corrected chi connectivity index (χ0v) is 17.8. The Balaban J connectivity index is 1.86. The monoisotopic (exact) mass is 437 g/mol. The maximum atomic E-state index is 13.0. The third kappa shape index (κ3) is 5.49. The Kier molecular flexibility index (Phi) is 7.04. The molecule has 8 heteroatoms. The number of carbonyl (C=O) groups excluding carboxylic acids is 2. The number of para-hydroxylation sites is 2. The van der Waals surface area contributed by atoms with Crippen LogP contribution in [0.25, 0.3) is 0 Å². The van der Waals surface area contributed by atoms with E-state index in [1.807, 2.05) is 6.92 Å². The van der Waals surface area contributed by atoms with E-state index in [1.54, 1.807) is 54.6 Å². The highest BCUT2D eigenvalue weighted by Crippen LogP contribution is 2.22. The highest BCUT2D eigenvalue weighted by Gasteiger charge is 2.20. The molecule has 0 saturated carbocycles. The van der Waals surface area contributed by atoms with Crippen LogP contribution >= 0.6 is 0 Å². The molecule has 0 bridgehead atoms. The molecule has 160 valence electrons. The van der Waals surface area contributed by atoms with E-state index in [0.717, 1.165) is 6.42 Å². The number of benzene rings is 3. The molecule has 0 aliphatic carbocycles. The van der Waals surface area contributed by atoms with Gasteiger partial charge in [-0.05, 0) is 42.8 Å². The van der Waals surface area contributed by atoms with E-state index >= 15 is 0 Å². The fourth-order valence-corrected chi connectivity index (χ4v) is 3.99. The van der Waals surface area contributed by atoms with Gasteiger partial charge < -0.3 is 10.6 Å². The molecule has 0 fully saturated rings. The second-order valence-corrected chi connectivity index (χ2v) is 8.40. The zero-order chi connectivity index (χ0) is 22.3. The first-order valence-corrected chi connectivity index (χ1v) is 11.3. The number of hydrogen-bond acceptors (Lipinski definition) is 4. The molecule has 0 spiro atoms. The summed E-state index contributed by atoms with van der Waals surface area (Å²) in [6.07, 6.45) is 0.787. The van der Waals surface area contributed by atoms with Gasteiger partial charge in [-0.25, -0.2) is 8.42 Å². The van der Waals surface area contributed by atoms with E-state index in [9.17, 15) is 18.0 Å². The number of hydrogen-bond donors (Lipinski definition) is 3. The van der Waals surface area contributed by atoms with E-state index in [-0.39, 0.29) is 22.1 Å². The van der Waals surface area contributed by atoms with Crippen molar-refractivity contribution in [1.29, 1.82) is 0 Å². The maximum absolute atomic E-state index is 13.0. The van der Waals surface area contributed by atoms with Crippen molar-refractivity contribution in [2.24, 2.45) is 0 Å². The Morgan fingerprint density at radius 3 is 1.94 bits per heavy atom. The third-order valence-electron chi connectivity index (χ3n) is 4.42. The number of rotatable bonds is 8. The van der Waals surface area contributed by atoms with Gasteiger partial charge in [0.05, 0.1) is 27.4 Å². The maximum Gasteiger partial charge on any atom is 0.261 e. The van der Waals surface area contributed by atoms with Crippen LogP contribution in [-0.4, -0.2) is 26.8 Å². The summed E-state index contributed by atoms with van der Waals surface area (Å²) in [4.78, 5) is 25.5. The molecule has 0 radical (unpaired) electrons. The summed E-state index contributed by atoms with van der Waals surface area (Å²) in [5, 5.41) is 5.50. The van der Waals surface area contributed by atoms with Crippen LogP contribution in [0.4, 0.5) is 11.4 Å². The van der Waals surface area contributed by atoms with Gasteiger partial charge in [0.2, 0.25) is 0 Å². The van der Waals surface area contributed by atoms with E-state index in [4.69, 9.17) is 0 Å². The number of amides is 2. The Bertz CT molecular complexity index is 1180. The zero-order valence-electron chi connectivity index (χ0n) is 17.0. The lowest BCUT2D eigenvalue weighted by molar-refractivity contribution is 0.0954. The second-order valence-electron chi connectivity index (χ2n) is 6.72. The number of carbonyl (C=O) groups is 2. The third-order valence-corrected chi connectivity index (χ3v) is 5.81. The molecular weight excluding hydrogens is 414 g/mol. The summed E-state index contributed by atoms with van der Waals surface area (Å²) >= 11 is 0. The summed E-state index contributed by atoms with van der Waals surface area (Å²) in [6.45, 7) is 2.46. The van der Waals surface area contributed by atoms with E-state index in [1.165, 1.54) is 24.3 Å². The highest BCUT2D eigenvalue weighted by molar-refractivity contribution is 7.92. The second kappa shape index (κ2) is 9.90. The summed E-state index contributed by atoms with van der Waals surface area (Å²) in [5.74, 6) is -0.835. The Hall–Kier alpha value is -3.65. The number of nitrogens with one attached hydrogen (secondary N) is 3. The molecular formula is C23H23N3O4S. The fraction of sp³-hybridized carbons (Fsp3) is 0.130. The molecule has 0 aliphatic heterocycles. The van der Waals surface area contributed by atoms with Crippen LogP contribution in [-0.2, 0) is 10.0 Å². The predicted octanol–water partition coefficient (Wildman–Crippen LogP) is 3.88. The molecule has 3 aromatic rings. The first-order valence-electron chi connectivity index (χ1n) is 9.78. The summed E-state index contributed by atoms with van der Waals surface area (Å²) in [6, 6.07) is 20.8. The van der Waals surface area contributed by atoms with Crippen molar-refractivity contribution in [1.82, 2.24) is 5.32 Å². The van der Waals surface area contributed by atoms with Gasteiger partial charge in [0.15, 0.2) is 0 Å². The van der Waals surface area contributed by atoms with Crippen LogP contribution in [0.15, 0.2) is 83.8 Å². The SMILES string of the molecule is CCCNC(=O)c1ccccc1NC(=O)c1ccccc1NS(=O)(=O)c1ccccc1. The predicted molar refractivity (Wildman–Crippen MR) is 121 cm³/mol. The summed E-state index contributed by atoms with van der Waals surface area (Å²) < 4.78 is 27.8. The minimum Gasteiger partial charge on any atom is -0.352 e. The minimum atomic E-state index is -3.87. The number of anilines is 2. The van der Waals surface area contributed by atoms with Gasteiger partial charge in [0.25, 0.3) is 21.8 Å². The lowest BCUT2D eigenvalue weighted by Gasteiger charge is -2.14. The smallest absolute Gasteiger partial charge is 0.261 e. The topological polar surface area (TPSA) is 104 Å². The molecule has 3 aromatic carbocycles. The van der Waals surface area contributed by atoms with Gasteiger partial charge in [0, 0.05) is 6.54 Å². The quantitative estimate of drug-likeness (QED) is 0.497. The lowest BCUT2D eigenvalue weighted by Crippen LogP contribution is -2.26. The molecule has 0 atom stereocenters. The lowest BCUT2D eigenvalue weighted by atomic mass is 10.1. The van der Waals surface area contributed by atoms with Gasteiger partial charge >= 0.3 is 0 Å². The van der Waals surface area contributed by atoms with E-state index in [0.29, 0.717) is 17.8 Å². The van der Waals surface area contributed by atoms with Crippen molar-refractivity contribution in [2.75, 3.05) is 16.6 Å². The van der Waals surface area contributed by atoms with Crippen molar-refractivity contribution in [3.63, 3.8) is 0 Å². The van der Waals surface area contributed by atoms with Crippen molar-refractivity contribution < 1.29 is 18.0 Å². The van der Waals surface area contributed by atoms with E-state index in [2.05, 4.69) is 15.4 Å². The van der Waals surface area contributed by atoms with Crippen LogP contribution in [0.2, 0.25) is 0 Å². The molecule has 0 saturated heterocycles. The average Bonchev–Trinajstić information content (AvgIpc) is 2.78. The van der Waals surface area contributed by atoms with Gasteiger partial charge in [-0.1, -0.05) is 49.4 Å². The number of sulfonamides is 1. The summed E-state index contributed by atoms with van der Waals surface area (Å²) in [7, 11) is -3.87. The van der Waals surface area contributed by atoms with E-state index < -0.39 is 15.9 Å². The van der Waals surface area contributed by atoms with Crippen molar-refractivity contribution in [2.45, 2.75) is 18.2 Å². The molecule has 0 aliphatic rings. The van der Waals surface area contributed by atoms with Crippen LogP contribution in [0.5, 0.6) is 0 Å². The highest BCUT2D eigenvalue weighted by atomic mass is 32.2. The Labute approximate surface area is 181 Å². The first-order chi connectivity index (χ1) is 14.9. The average molecular weight is 438 g/mol. The fourth-order valence-electron chi connectivity index (χ4n) is 2.89. The molecule has 31 heavy (non-hydrogen) atoms. The molecule has 0 unspecified atom stereocenters. The summed E-state index contributed by atoms with van der Waals surface area (Å²) in [5.41, 5.74) is 0.927. The van der Waals surface area contributed by atoms with Gasteiger partial charge in [-0.3, -0.25) is 14.3 Å². The molecule has 0 heterocycles. The normalized spacial score (nSPS) is 10.9. The Morgan fingerprint density at radius 2 is 1.29 bits per heavy atom. The Morgan fingerprint density at radius 1 is 0.742 bits per heavy atom. The van der Waals surface area contributed by atoms with Crippen LogP contribution in [0.1, 0.15) is 34.1 Å². The van der Waals surface area contributed by atoms with Crippen molar-refractivity contribution in [3.05, 3.63) is 90.0 Å². The molecule has 3 rings (SSSR count). The molecule has 2 amide bonds. The largest absolute Gasteiger partial charge is 0.352 e. The van der Waals surface area contributed by atoms with Crippen LogP contribution in [0.3, 0.4) is 0 Å².